The van der Waals surface area contributed by atoms with Crippen LogP contribution < -0.4 is 10.5 Å². The summed E-state index contributed by atoms with van der Waals surface area (Å²) < 4.78 is 11.9. The van der Waals surface area contributed by atoms with Crippen LogP contribution in [0.15, 0.2) is 63.8 Å². The molecule has 5 aromatic rings. The van der Waals surface area contributed by atoms with Gasteiger partial charge in [0.25, 0.3) is 5.91 Å². The fourth-order valence-electron chi connectivity index (χ4n) is 4.93. The lowest BCUT2D eigenvalue weighted by molar-refractivity contribution is 0.0376. The van der Waals surface area contributed by atoms with Gasteiger partial charge in [-0.3, -0.25) is 14.6 Å². The molecule has 1 amide bonds. The molecule has 3 aromatic carbocycles. The topological polar surface area (TPSA) is 75.9 Å². The van der Waals surface area contributed by atoms with Gasteiger partial charge in [-0.05, 0) is 47.9 Å². The van der Waals surface area contributed by atoms with Crippen molar-refractivity contribution in [2.24, 2.45) is 0 Å². The Morgan fingerprint density at radius 1 is 1.11 bits per heavy atom. The van der Waals surface area contributed by atoms with Gasteiger partial charge in [0.1, 0.15) is 11.1 Å². The number of benzene rings is 3. The Labute approximate surface area is 228 Å². The monoisotopic (exact) mass is 547 g/mol. The Morgan fingerprint density at radius 2 is 1.92 bits per heavy atom. The van der Waals surface area contributed by atoms with Crippen molar-refractivity contribution in [2.75, 3.05) is 44.3 Å². The number of hydrogen-bond donors (Lipinski definition) is 0. The minimum atomic E-state index is -0.661. The minimum absolute atomic E-state index is 0.0118. The van der Waals surface area contributed by atoms with Gasteiger partial charge < -0.3 is 9.15 Å². The molecule has 3 heterocycles. The Hall–Kier alpha value is -3.30. The van der Waals surface area contributed by atoms with Crippen LogP contribution in [-0.2, 0) is 4.74 Å². The quantitative estimate of drug-likeness (QED) is 0.195. The van der Waals surface area contributed by atoms with E-state index in [-0.39, 0.29) is 5.56 Å². The molecule has 6 rings (SSSR count). The number of aromatic nitrogens is 1. The van der Waals surface area contributed by atoms with Crippen molar-refractivity contribution >= 4 is 65.9 Å². The predicted molar refractivity (Wildman–Crippen MR) is 153 cm³/mol. The average Bonchev–Trinajstić information content (AvgIpc) is 3.39. The zero-order valence-corrected chi connectivity index (χ0v) is 22.5. The first-order chi connectivity index (χ1) is 18.5. The summed E-state index contributed by atoms with van der Waals surface area (Å²) in [6.07, 6.45) is 0.718. The van der Waals surface area contributed by atoms with Crippen LogP contribution in [-0.4, -0.2) is 55.2 Å². The van der Waals surface area contributed by atoms with Gasteiger partial charge in [0.15, 0.2) is 5.13 Å². The number of anilines is 1. The number of morpholine rings is 1. The molecule has 0 aliphatic carbocycles. The van der Waals surface area contributed by atoms with E-state index in [1.807, 2.05) is 49.4 Å². The fraction of sp³-hybridized carbons (Fsp3) is 0.276. The van der Waals surface area contributed by atoms with Gasteiger partial charge in [0.2, 0.25) is 0 Å². The first kappa shape index (κ1) is 25.0. The van der Waals surface area contributed by atoms with E-state index < -0.39 is 11.5 Å². The van der Waals surface area contributed by atoms with Crippen LogP contribution >= 0.6 is 22.9 Å². The second-order valence-corrected chi connectivity index (χ2v) is 10.8. The Kier molecular flexibility index (Phi) is 6.88. The summed E-state index contributed by atoms with van der Waals surface area (Å²) in [6, 6.07) is 16.9. The molecule has 0 radical (unpaired) electrons. The predicted octanol–water partition coefficient (Wildman–Crippen LogP) is 5.89. The molecule has 0 unspecified atom stereocenters. The normalized spacial score (nSPS) is 14.5. The average molecular weight is 548 g/mol. The maximum absolute atomic E-state index is 14.0. The van der Waals surface area contributed by atoms with Gasteiger partial charge in [-0.1, -0.05) is 59.3 Å². The van der Waals surface area contributed by atoms with Gasteiger partial charge in [0.05, 0.1) is 28.5 Å². The van der Waals surface area contributed by atoms with Crippen molar-refractivity contribution in [3.05, 3.63) is 81.2 Å². The molecule has 1 saturated heterocycles. The van der Waals surface area contributed by atoms with Gasteiger partial charge >= 0.3 is 5.63 Å². The van der Waals surface area contributed by atoms with Crippen LogP contribution in [0.25, 0.3) is 32.0 Å². The van der Waals surface area contributed by atoms with Crippen molar-refractivity contribution in [3.63, 3.8) is 0 Å². The summed E-state index contributed by atoms with van der Waals surface area (Å²) in [6.45, 7) is 6.34. The number of carbonyl (C=O) groups is 1. The first-order valence-corrected chi connectivity index (χ1v) is 13.8. The van der Waals surface area contributed by atoms with Crippen molar-refractivity contribution in [2.45, 2.75) is 13.3 Å². The molecule has 0 atom stereocenters. The van der Waals surface area contributed by atoms with Crippen LogP contribution in [0, 0.1) is 6.92 Å². The number of hydrogen-bond acceptors (Lipinski definition) is 7. The number of fused-ring (bicyclic) bond motifs is 4. The van der Waals surface area contributed by atoms with Crippen LogP contribution in [0.4, 0.5) is 5.13 Å². The second-order valence-electron chi connectivity index (χ2n) is 9.45. The van der Waals surface area contributed by atoms with Gasteiger partial charge in [-0.25, -0.2) is 9.78 Å². The zero-order chi connectivity index (χ0) is 26.2. The lowest BCUT2D eigenvalue weighted by Crippen LogP contribution is -2.40. The highest BCUT2D eigenvalue weighted by Crippen LogP contribution is 2.36. The number of amides is 1. The SMILES string of the molecule is Cc1ccc(Cl)c2sc(N(CCCN3CCOCC3)C(=O)c3cc4c(ccc5ccccc54)oc3=O)nc12. The lowest BCUT2D eigenvalue weighted by Gasteiger charge is -2.27. The molecule has 9 heteroatoms. The number of carbonyl (C=O) groups excluding carboxylic acids is 1. The van der Waals surface area contributed by atoms with E-state index in [1.165, 1.54) is 11.3 Å². The van der Waals surface area contributed by atoms with Gasteiger partial charge in [-0.15, -0.1) is 0 Å². The lowest BCUT2D eigenvalue weighted by atomic mass is 10.0. The van der Waals surface area contributed by atoms with Crippen molar-refractivity contribution in [1.29, 1.82) is 0 Å². The Morgan fingerprint density at radius 3 is 2.74 bits per heavy atom. The first-order valence-electron chi connectivity index (χ1n) is 12.6. The number of aryl methyl sites for hydroxylation is 1. The minimum Gasteiger partial charge on any atom is -0.422 e. The molecular weight excluding hydrogens is 522 g/mol. The number of ether oxygens (including phenoxy) is 1. The summed E-state index contributed by atoms with van der Waals surface area (Å²) in [4.78, 5) is 35.8. The molecule has 0 bridgehead atoms. The number of rotatable bonds is 6. The highest BCUT2D eigenvalue weighted by molar-refractivity contribution is 7.23. The number of thiazole rings is 1. The van der Waals surface area contributed by atoms with E-state index in [4.69, 9.17) is 25.7 Å². The molecule has 0 saturated carbocycles. The molecule has 7 nitrogen and oxygen atoms in total. The summed E-state index contributed by atoms with van der Waals surface area (Å²) in [7, 11) is 0. The van der Waals surface area contributed by atoms with Crippen LogP contribution in [0.3, 0.4) is 0 Å². The highest BCUT2D eigenvalue weighted by Gasteiger charge is 2.26. The highest BCUT2D eigenvalue weighted by atomic mass is 35.5. The van der Waals surface area contributed by atoms with E-state index >= 15 is 0 Å². The van der Waals surface area contributed by atoms with Crippen molar-refractivity contribution in [1.82, 2.24) is 9.88 Å². The smallest absolute Gasteiger partial charge is 0.349 e. The molecule has 0 spiro atoms. The van der Waals surface area contributed by atoms with Gasteiger partial charge in [-0.2, -0.15) is 0 Å². The molecule has 1 fully saturated rings. The molecule has 38 heavy (non-hydrogen) atoms. The molecule has 0 N–H and O–H groups in total. The third-order valence-electron chi connectivity index (χ3n) is 6.99. The Balaban J connectivity index is 1.41. The molecule has 2 aromatic heterocycles. The summed E-state index contributed by atoms with van der Waals surface area (Å²) in [5.74, 6) is -0.427. The third-order valence-corrected chi connectivity index (χ3v) is 8.53. The van der Waals surface area contributed by atoms with E-state index in [9.17, 15) is 9.59 Å². The van der Waals surface area contributed by atoms with E-state index in [2.05, 4.69) is 4.90 Å². The summed E-state index contributed by atoms with van der Waals surface area (Å²) in [5.41, 5.74) is 1.52. The van der Waals surface area contributed by atoms with E-state index in [0.717, 1.165) is 58.0 Å². The summed E-state index contributed by atoms with van der Waals surface area (Å²) >= 11 is 7.84. The third kappa shape index (κ3) is 4.69. The molecule has 1 aliphatic rings. The largest absolute Gasteiger partial charge is 0.422 e. The summed E-state index contributed by atoms with van der Waals surface area (Å²) in [5, 5.41) is 3.75. The van der Waals surface area contributed by atoms with Crippen LogP contribution in [0.5, 0.6) is 0 Å². The van der Waals surface area contributed by atoms with Gasteiger partial charge in [0, 0.05) is 31.6 Å². The standard InChI is InChI=1S/C29H26ClN3O4S/c1-18-7-9-23(30)26-25(18)31-29(38-26)33(12-4-11-32-13-15-36-16-14-32)27(34)22-17-21-20-6-3-2-5-19(20)8-10-24(21)37-28(22)35/h2-3,5-10,17H,4,11-16H2,1H3. The molecular formula is C29H26ClN3O4S. The van der Waals surface area contributed by atoms with Crippen LogP contribution in [0.2, 0.25) is 5.02 Å². The van der Waals surface area contributed by atoms with Crippen molar-refractivity contribution < 1.29 is 13.9 Å². The maximum Gasteiger partial charge on any atom is 0.349 e. The molecule has 194 valence electrons. The number of nitrogens with zero attached hydrogens (tertiary/aromatic N) is 3. The van der Waals surface area contributed by atoms with Crippen LogP contribution in [0.1, 0.15) is 22.3 Å². The fourth-order valence-corrected chi connectivity index (χ4v) is 6.27. The van der Waals surface area contributed by atoms with E-state index in [1.54, 1.807) is 17.0 Å². The Bertz CT molecular complexity index is 1690. The zero-order valence-electron chi connectivity index (χ0n) is 20.9. The van der Waals surface area contributed by atoms with E-state index in [0.29, 0.717) is 35.5 Å². The number of halogens is 1. The van der Waals surface area contributed by atoms with Crippen molar-refractivity contribution in [3.8, 4) is 0 Å². The molecule has 1 aliphatic heterocycles. The second kappa shape index (κ2) is 10.5. The maximum atomic E-state index is 14.0.